The molecule has 3 rings (SSSR count). The van der Waals surface area contributed by atoms with E-state index in [0.717, 1.165) is 17.3 Å². The van der Waals surface area contributed by atoms with Gasteiger partial charge in [0.1, 0.15) is 15.9 Å². The van der Waals surface area contributed by atoms with Crippen molar-refractivity contribution in [3.8, 4) is 0 Å². The zero-order valence-electron chi connectivity index (χ0n) is 13.4. The Morgan fingerprint density at radius 1 is 1.12 bits per heavy atom. The lowest BCUT2D eigenvalue weighted by Crippen LogP contribution is -2.24. The van der Waals surface area contributed by atoms with Crippen molar-refractivity contribution >= 4 is 38.7 Å². The van der Waals surface area contributed by atoms with Gasteiger partial charge in [0, 0.05) is 18.7 Å². The van der Waals surface area contributed by atoms with Gasteiger partial charge in [-0.1, -0.05) is 18.2 Å². The van der Waals surface area contributed by atoms with E-state index in [1.165, 1.54) is 6.07 Å². The van der Waals surface area contributed by atoms with Crippen LogP contribution in [0.2, 0.25) is 0 Å². The van der Waals surface area contributed by atoms with Gasteiger partial charge in [0.15, 0.2) is 0 Å². The predicted octanol–water partition coefficient (Wildman–Crippen LogP) is 1.92. The summed E-state index contributed by atoms with van der Waals surface area (Å²) in [5.74, 6) is -0.155. The molecule has 1 aromatic heterocycles. The van der Waals surface area contributed by atoms with Crippen LogP contribution in [0.15, 0.2) is 47.4 Å². The van der Waals surface area contributed by atoms with Gasteiger partial charge >= 0.3 is 0 Å². The van der Waals surface area contributed by atoms with Crippen molar-refractivity contribution in [3.63, 3.8) is 0 Å². The Bertz CT molecular complexity index is 998. The molecule has 0 aliphatic rings. The predicted molar refractivity (Wildman–Crippen MR) is 95.9 cm³/mol. The van der Waals surface area contributed by atoms with Crippen LogP contribution >= 0.6 is 11.7 Å². The average molecular weight is 376 g/mol. The fourth-order valence-corrected chi connectivity index (χ4v) is 4.07. The third-order valence-electron chi connectivity index (χ3n) is 3.56. The number of fused-ring (bicyclic) bond motifs is 1. The molecule has 130 valence electrons. The molecule has 0 saturated carbocycles. The van der Waals surface area contributed by atoms with Crippen LogP contribution in [-0.4, -0.2) is 29.6 Å². The average Bonchev–Trinajstić information content (AvgIpc) is 3.09. The zero-order chi connectivity index (χ0) is 17.9. The van der Waals surface area contributed by atoms with Crippen LogP contribution in [-0.2, 0) is 16.6 Å². The van der Waals surface area contributed by atoms with Crippen LogP contribution in [0.3, 0.4) is 0 Å². The highest BCUT2D eigenvalue weighted by Gasteiger charge is 2.19. The third-order valence-corrected chi connectivity index (χ3v) is 5.53. The van der Waals surface area contributed by atoms with E-state index in [2.05, 4.69) is 18.8 Å². The van der Waals surface area contributed by atoms with Gasteiger partial charge in [-0.3, -0.25) is 4.79 Å². The summed E-state index contributed by atoms with van der Waals surface area (Å²) in [5.41, 5.74) is 2.21. The second-order valence-electron chi connectivity index (χ2n) is 5.27. The van der Waals surface area contributed by atoms with E-state index in [0.29, 0.717) is 23.1 Å². The first-order valence-corrected chi connectivity index (χ1v) is 9.80. The van der Waals surface area contributed by atoms with Gasteiger partial charge in [0.2, 0.25) is 10.0 Å². The van der Waals surface area contributed by atoms with Crippen molar-refractivity contribution in [1.29, 1.82) is 0 Å². The van der Waals surface area contributed by atoms with Gasteiger partial charge in [-0.15, -0.1) is 0 Å². The lowest BCUT2D eigenvalue weighted by Gasteiger charge is -2.08. The smallest absolute Gasteiger partial charge is 0.251 e. The summed E-state index contributed by atoms with van der Waals surface area (Å²) >= 11 is 0.976. The topological polar surface area (TPSA) is 101 Å². The van der Waals surface area contributed by atoms with Crippen LogP contribution in [0, 0.1) is 0 Å². The molecule has 0 saturated heterocycles. The minimum Gasteiger partial charge on any atom is -0.352 e. The summed E-state index contributed by atoms with van der Waals surface area (Å²) in [4.78, 5) is 11.8. The molecule has 0 unspecified atom stereocenters. The standard InChI is InChI=1S/C16H16N4O3S2/c1-2-17-16(21)12-8-6-11(7-9-12)10-18-25(22,23)14-5-3-4-13-15(14)20-24-19-13/h3-9,18H,2,10H2,1H3,(H,17,21). The fraction of sp³-hybridized carbons (Fsp3) is 0.188. The number of amides is 1. The Morgan fingerprint density at radius 2 is 1.88 bits per heavy atom. The Balaban J connectivity index is 1.74. The monoisotopic (exact) mass is 376 g/mol. The number of carbonyl (C=O) groups is 1. The molecule has 2 N–H and O–H groups in total. The minimum atomic E-state index is -3.72. The van der Waals surface area contributed by atoms with Crippen LogP contribution in [0.1, 0.15) is 22.8 Å². The first-order chi connectivity index (χ1) is 12.0. The van der Waals surface area contributed by atoms with Gasteiger partial charge < -0.3 is 5.32 Å². The molecule has 2 aromatic carbocycles. The van der Waals surface area contributed by atoms with E-state index >= 15 is 0 Å². The largest absolute Gasteiger partial charge is 0.352 e. The highest BCUT2D eigenvalue weighted by Crippen LogP contribution is 2.21. The number of hydrogen-bond donors (Lipinski definition) is 2. The molecule has 25 heavy (non-hydrogen) atoms. The third kappa shape index (κ3) is 3.84. The molecule has 0 atom stereocenters. The van der Waals surface area contributed by atoms with Gasteiger partial charge in [-0.2, -0.15) is 8.75 Å². The molecule has 3 aromatic rings. The van der Waals surface area contributed by atoms with Crippen LogP contribution < -0.4 is 10.0 Å². The van der Waals surface area contributed by atoms with Gasteiger partial charge in [0.05, 0.1) is 11.7 Å². The van der Waals surface area contributed by atoms with E-state index in [1.807, 2.05) is 6.92 Å². The van der Waals surface area contributed by atoms with E-state index < -0.39 is 10.0 Å². The van der Waals surface area contributed by atoms with E-state index in [-0.39, 0.29) is 17.3 Å². The highest BCUT2D eigenvalue weighted by molar-refractivity contribution is 7.89. The number of benzene rings is 2. The van der Waals surface area contributed by atoms with Gasteiger partial charge in [0.25, 0.3) is 5.91 Å². The zero-order valence-corrected chi connectivity index (χ0v) is 15.0. The summed E-state index contributed by atoms with van der Waals surface area (Å²) in [6, 6.07) is 11.6. The normalized spacial score (nSPS) is 11.6. The Labute approximate surface area is 149 Å². The van der Waals surface area contributed by atoms with Crippen molar-refractivity contribution in [2.45, 2.75) is 18.4 Å². The molecular formula is C16H16N4O3S2. The minimum absolute atomic E-state index is 0.109. The maximum absolute atomic E-state index is 12.5. The number of hydrogen-bond acceptors (Lipinski definition) is 6. The molecule has 0 aliphatic heterocycles. The quantitative estimate of drug-likeness (QED) is 0.684. The van der Waals surface area contributed by atoms with Gasteiger partial charge in [-0.25, -0.2) is 13.1 Å². The molecule has 0 radical (unpaired) electrons. The SMILES string of the molecule is CCNC(=O)c1ccc(CNS(=O)(=O)c2cccc3nsnc23)cc1. The molecular weight excluding hydrogens is 360 g/mol. The van der Waals surface area contributed by atoms with Crippen LogP contribution in [0.4, 0.5) is 0 Å². The molecule has 7 nitrogen and oxygen atoms in total. The molecule has 1 amide bonds. The van der Waals surface area contributed by atoms with Crippen molar-refractivity contribution in [3.05, 3.63) is 53.6 Å². The van der Waals surface area contributed by atoms with E-state index in [9.17, 15) is 13.2 Å². The number of rotatable bonds is 6. The lowest BCUT2D eigenvalue weighted by molar-refractivity contribution is 0.0956. The summed E-state index contributed by atoms with van der Waals surface area (Å²) in [6.45, 7) is 2.52. The number of nitrogens with zero attached hydrogens (tertiary/aromatic N) is 2. The lowest BCUT2D eigenvalue weighted by atomic mass is 10.1. The fourth-order valence-electron chi connectivity index (χ4n) is 2.29. The Kier molecular flexibility index (Phi) is 5.07. The maximum atomic E-state index is 12.5. The Morgan fingerprint density at radius 3 is 2.60 bits per heavy atom. The number of nitrogens with one attached hydrogen (secondary N) is 2. The van der Waals surface area contributed by atoms with Crippen molar-refractivity contribution in [1.82, 2.24) is 18.8 Å². The molecule has 0 aliphatic carbocycles. The van der Waals surface area contributed by atoms with Crippen LogP contribution in [0.25, 0.3) is 11.0 Å². The summed E-state index contributed by atoms with van der Waals surface area (Å²) in [5, 5.41) is 2.71. The Hall–Kier alpha value is -2.36. The number of sulfonamides is 1. The second kappa shape index (κ2) is 7.26. The molecule has 9 heteroatoms. The number of aromatic nitrogens is 2. The second-order valence-corrected chi connectivity index (χ2v) is 7.53. The maximum Gasteiger partial charge on any atom is 0.251 e. The van der Waals surface area contributed by atoms with Crippen molar-refractivity contribution in [2.24, 2.45) is 0 Å². The summed E-state index contributed by atoms with van der Waals surface area (Å²) < 4.78 is 35.7. The number of carbonyl (C=O) groups excluding carboxylic acids is 1. The highest BCUT2D eigenvalue weighted by atomic mass is 32.2. The molecule has 0 fully saturated rings. The molecule has 0 spiro atoms. The van der Waals surface area contributed by atoms with Crippen molar-refractivity contribution < 1.29 is 13.2 Å². The van der Waals surface area contributed by atoms with Gasteiger partial charge in [-0.05, 0) is 36.8 Å². The van der Waals surface area contributed by atoms with E-state index in [1.54, 1.807) is 36.4 Å². The van der Waals surface area contributed by atoms with E-state index in [4.69, 9.17) is 0 Å². The summed E-state index contributed by atoms with van der Waals surface area (Å²) in [7, 11) is -3.72. The van der Waals surface area contributed by atoms with Crippen LogP contribution in [0.5, 0.6) is 0 Å². The van der Waals surface area contributed by atoms with Crippen molar-refractivity contribution in [2.75, 3.05) is 6.54 Å². The first-order valence-electron chi connectivity index (χ1n) is 7.59. The molecule has 0 bridgehead atoms. The summed E-state index contributed by atoms with van der Waals surface area (Å²) in [6.07, 6.45) is 0. The first kappa shape index (κ1) is 17.5. The molecule has 1 heterocycles.